The fourth-order valence-electron chi connectivity index (χ4n) is 3.00. The molecule has 1 unspecified atom stereocenters. The normalized spacial score (nSPS) is 16.2. The van der Waals surface area contributed by atoms with Crippen LogP contribution < -0.4 is 10.6 Å². The van der Waals surface area contributed by atoms with E-state index in [-0.39, 0.29) is 23.5 Å². The molecule has 2 aromatic rings. The average Bonchev–Trinajstić information content (AvgIpc) is 3.17. The Kier molecular flexibility index (Phi) is 7.05. The van der Waals surface area contributed by atoms with E-state index in [1.807, 2.05) is 0 Å². The molecule has 1 aliphatic rings. The Morgan fingerprint density at radius 1 is 1.28 bits per heavy atom. The minimum absolute atomic E-state index is 0.237. The van der Waals surface area contributed by atoms with Gasteiger partial charge in [-0.15, -0.1) is 11.3 Å². The summed E-state index contributed by atoms with van der Waals surface area (Å²) >= 11 is 6.97. The van der Waals surface area contributed by atoms with E-state index in [4.69, 9.17) is 16.3 Å². The first-order chi connectivity index (χ1) is 14.0. The van der Waals surface area contributed by atoms with Crippen LogP contribution in [-0.4, -0.2) is 47.5 Å². The summed E-state index contributed by atoms with van der Waals surface area (Å²) in [6.07, 6.45) is 1.44. The van der Waals surface area contributed by atoms with E-state index < -0.39 is 6.03 Å². The number of rotatable bonds is 5. The van der Waals surface area contributed by atoms with Gasteiger partial charge in [-0.25, -0.2) is 9.78 Å². The molecule has 3 rings (SSSR count). The van der Waals surface area contributed by atoms with Crippen LogP contribution in [0.5, 0.6) is 0 Å². The Bertz CT molecular complexity index is 887. The molecule has 2 N–H and O–H groups in total. The van der Waals surface area contributed by atoms with Gasteiger partial charge in [0, 0.05) is 29.2 Å². The second-order valence-corrected chi connectivity index (χ2v) is 7.76. The van der Waals surface area contributed by atoms with Crippen LogP contribution in [0.25, 0.3) is 0 Å². The summed E-state index contributed by atoms with van der Waals surface area (Å²) in [6.45, 7) is 2.96. The van der Waals surface area contributed by atoms with Crippen molar-refractivity contribution in [3.05, 3.63) is 40.4 Å². The van der Waals surface area contributed by atoms with Crippen molar-refractivity contribution in [2.24, 2.45) is 5.92 Å². The minimum atomic E-state index is -0.471. The van der Waals surface area contributed by atoms with Crippen LogP contribution in [0.15, 0.2) is 29.6 Å². The molecule has 0 saturated carbocycles. The fraction of sp³-hybridized carbons (Fsp3) is 0.368. The molecule has 0 radical (unpaired) electrons. The number of thiazole rings is 1. The summed E-state index contributed by atoms with van der Waals surface area (Å²) in [7, 11) is 0. The number of hydrogen-bond donors (Lipinski definition) is 2. The lowest BCUT2D eigenvalue weighted by Crippen LogP contribution is -2.43. The van der Waals surface area contributed by atoms with Crippen molar-refractivity contribution in [1.29, 1.82) is 0 Å². The standard InChI is InChI=1S/C19H21ClN4O4S/c1-2-28-17(26)12-4-3-9-24(10-12)16(25)15-11-29-19(22-15)23-18(27)21-14-7-5-13(20)6-8-14/h5-8,11-12H,2-4,9-10H2,1H3,(H2,21,22,23,27). The predicted molar refractivity (Wildman–Crippen MR) is 111 cm³/mol. The van der Waals surface area contributed by atoms with Gasteiger partial charge >= 0.3 is 12.0 Å². The molecule has 3 amide bonds. The number of benzene rings is 1. The van der Waals surface area contributed by atoms with E-state index in [2.05, 4.69) is 15.6 Å². The highest BCUT2D eigenvalue weighted by atomic mass is 35.5. The Hall–Kier alpha value is -2.65. The highest BCUT2D eigenvalue weighted by molar-refractivity contribution is 7.14. The van der Waals surface area contributed by atoms with Crippen LogP contribution in [0, 0.1) is 5.92 Å². The van der Waals surface area contributed by atoms with Crippen molar-refractivity contribution >= 4 is 51.7 Å². The quantitative estimate of drug-likeness (QED) is 0.693. The number of esters is 1. The summed E-state index contributed by atoms with van der Waals surface area (Å²) < 4.78 is 5.07. The molecular weight excluding hydrogens is 416 g/mol. The summed E-state index contributed by atoms with van der Waals surface area (Å²) in [4.78, 5) is 42.6. The zero-order valence-electron chi connectivity index (χ0n) is 15.8. The first kappa shape index (κ1) is 21.1. The van der Waals surface area contributed by atoms with Crippen molar-refractivity contribution in [3.8, 4) is 0 Å². The van der Waals surface area contributed by atoms with Crippen LogP contribution >= 0.6 is 22.9 Å². The zero-order chi connectivity index (χ0) is 20.8. The third-order valence-electron chi connectivity index (χ3n) is 4.37. The largest absolute Gasteiger partial charge is 0.466 e. The third kappa shape index (κ3) is 5.68. The smallest absolute Gasteiger partial charge is 0.325 e. The van der Waals surface area contributed by atoms with Crippen LogP contribution in [0.4, 0.5) is 15.6 Å². The summed E-state index contributed by atoms with van der Waals surface area (Å²) in [5, 5.41) is 7.73. The van der Waals surface area contributed by atoms with Crippen LogP contribution in [-0.2, 0) is 9.53 Å². The van der Waals surface area contributed by atoms with Crippen molar-refractivity contribution in [3.63, 3.8) is 0 Å². The highest BCUT2D eigenvalue weighted by Crippen LogP contribution is 2.22. The highest BCUT2D eigenvalue weighted by Gasteiger charge is 2.30. The molecule has 10 heteroatoms. The van der Waals surface area contributed by atoms with Crippen molar-refractivity contribution in [2.45, 2.75) is 19.8 Å². The number of halogens is 1. The van der Waals surface area contributed by atoms with Gasteiger partial charge in [0.25, 0.3) is 5.91 Å². The number of likely N-dealkylation sites (tertiary alicyclic amines) is 1. The molecular formula is C19H21ClN4O4S. The van der Waals surface area contributed by atoms with Crippen LogP contribution in [0.3, 0.4) is 0 Å². The van der Waals surface area contributed by atoms with Gasteiger partial charge in [-0.05, 0) is 44.0 Å². The molecule has 1 aromatic heterocycles. The van der Waals surface area contributed by atoms with Crippen molar-refractivity contribution in [2.75, 3.05) is 30.3 Å². The first-order valence-corrected chi connectivity index (χ1v) is 10.5. The molecule has 0 spiro atoms. The number of anilines is 2. The number of amides is 3. The van der Waals surface area contributed by atoms with E-state index in [1.165, 1.54) is 0 Å². The molecule has 1 aliphatic heterocycles. The Labute approximate surface area is 177 Å². The monoisotopic (exact) mass is 436 g/mol. The maximum absolute atomic E-state index is 12.7. The van der Waals surface area contributed by atoms with Crippen molar-refractivity contribution < 1.29 is 19.1 Å². The SMILES string of the molecule is CCOC(=O)C1CCCN(C(=O)c2csc(NC(=O)Nc3ccc(Cl)cc3)n2)C1. The van der Waals surface area contributed by atoms with E-state index in [0.717, 1.165) is 17.8 Å². The molecule has 1 fully saturated rings. The Morgan fingerprint density at radius 3 is 2.76 bits per heavy atom. The molecule has 29 heavy (non-hydrogen) atoms. The number of urea groups is 1. The van der Waals surface area contributed by atoms with E-state index in [1.54, 1.807) is 41.5 Å². The minimum Gasteiger partial charge on any atom is -0.466 e. The topological polar surface area (TPSA) is 101 Å². The summed E-state index contributed by atoms with van der Waals surface area (Å²) in [5.74, 6) is -0.847. The van der Waals surface area contributed by atoms with Gasteiger partial charge in [-0.1, -0.05) is 11.6 Å². The first-order valence-electron chi connectivity index (χ1n) is 9.21. The second-order valence-electron chi connectivity index (χ2n) is 6.47. The number of hydrogen-bond acceptors (Lipinski definition) is 6. The maximum atomic E-state index is 12.7. The van der Waals surface area contributed by atoms with Gasteiger partial charge in [0.05, 0.1) is 12.5 Å². The summed E-state index contributed by atoms with van der Waals surface area (Å²) in [6, 6.07) is 6.21. The van der Waals surface area contributed by atoms with Gasteiger partial charge in [0.2, 0.25) is 0 Å². The molecule has 154 valence electrons. The van der Waals surface area contributed by atoms with Crippen molar-refractivity contribution in [1.82, 2.24) is 9.88 Å². The number of carbonyl (C=O) groups excluding carboxylic acids is 3. The predicted octanol–water partition coefficient (Wildman–Crippen LogP) is 3.86. The molecule has 1 atom stereocenters. The number of aromatic nitrogens is 1. The Morgan fingerprint density at radius 2 is 2.03 bits per heavy atom. The average molecular weight is 437 g/mol. The number of piperidine rings is 1. The maximum Gasteiger partial charge on any atom is 0.325 e. The number of carbonyl (C=O) groups is 3. The lowest BCUT2D eigenvalue weighted by atomic mass is 9.98. The number of nitrogens with one attached hydrogen (secondary N) is 2. The van der Waals surface area contributed by atoms with Crippen LogP contribution in [0.2, 0.25) is 5.02 Å². The number of ether oxygens (including phenoxy) is 1. The van der Waals surface area contributed by atoms with Gasteiger partial charge in [-0.3, -0.25) is 14.9 Å². The molecule has 1 saturated heterocycles. The van der Waals surface area contributed by atoms with Gasteiger partial charge in [0.1, 0.15) is 5.69 Å². The molecule has 0 bridgehead atoms. The third-order valence-corrected chi connectivity index (χ3v) is 5.38. The van der Waals surface area contributed by atoms with E-state index in [9.17, 15) is 14.4 Å². The van der Waals surface area contributed by atoms with E-state index in [0.29, 0.717) is 42.0 Å². The van der Waals surface area contributed by atoms with E-state index >= 15 is 0 Å². The van der Waals surface area contributed by atoms with Gasteiger partial charge < -0.3 is 15.0 Å². The lowest BCUT2D eigenvalue weighted by molar-refractivity contribution is -0.149. The number of nitrogens with zero attached hydrogens (tertiary/aromatic N) is 2. The van der Waals surface area contributed by atoms with Crippen LogP contribution in [0.1, 0.15) is 30.3 Å². The molecule has 8 nitrogen and oxygen atoms in total. The van der Waals surface area contributed by atoms with Gasteiger partial charge in [0.15, 0.2) is 5.13 Å². The molecule has 2 heterocycles. The fourth-order valence-corrected chi connectivity index (χ4v) is 3.80. The second kappa shape index (κ2) is 9.71. The van der Waals surface area contributed by atoms with Gasteiger partial charge in [-0.2, -0.15) is 0 Å². The lowest BCUT2D eigenvalue weighted by Gasteiger charge is -2.31. The summed E-state index contributed by atoms with van der Waals surface area (Å²) in [5.41, 5.74) is 0.819. The zero-order valence-corrected chi connectivity index (χ0v) is 17.4. The molecule has 1 aromatic carbocycles. The molecule has 0 aliphatic carbocycles. The Balaban J connectivity index is 1.57.